The Morgan fingerprint density at radius 2 is 1.93 bits per heavy atom. The summed E-state index contributed by atoms with van der Waals surface area (Å²) < 4.78 is 34.5. The number of benzene rings is 1. The molecule has 29 heavy (non-hydrogen) atoms. The van der Waals surface area contributed by atoms with Crippen molar-refractivity contribution in [2.24, 2.45) is 18.4 Å². The van der Waals surface area contributed by atoms with Crippen molar-refractivity contribution in [2.45, 2.75) is 42.9 Å². The molecule has 2 aromatic rings. The number of ether oxygens (including phenoxy) is 1. The molecule has 2 heterocycles. The third-order valence-corrected chi connectivity index (χ3v) is 8.60. The van der Waals surface area contributed by atoms with Gasteiger partial charge < -0.3 is 4.74 Å². The summed E-state index contributed by atoms with van der Waals surface area (Å²) in [7, 11) is 0.0290. The second-order valence-corrected chi connectivity index (χ2v) is 10.7. The Morgan fingerprint density at radius 1 is 1.21 bits per heavy atom. The Bertz CT molecular complexity index is 918. The number of rotatable bonds is 8. The van der Waals surface area contributed by atoms with Gasteiger partial charge in [-0.05, 0) is 54.9 Å². The van der Waals surface area contributed by atoms with Crippen molar-refractivity contribution >= 4 is 10.0 Å². The quantitative estimate of drug-likeness (QED) is 0.660. The van der Waals surface area contributed by atoms with Crippen molar-refractivity contribution in [1.82, 2.24) is 14.1 Å². The first-order chi connectivity index (χ1) is 13.9. The lowest BCUT2D eigenvalue weighted by Gasteiger charge is -2.41. The molecule has 1 aliphatic carbocycles. The molecule has 1 saturated heterocycles. The highest BCUT2D eigenvalue weighted by Crippen LogP contribution is 2.52. The normalized spacial score (nSPS) is 24.5. The summed E-state index contributed by atoms with van der Waals surface area (Å²) in [5.74, 6) is 1.45. The summed E-state index contributed by atoms with van der Waals surface area (Å²) in [4.78, 5) is 0.280. The van der Waals surface area contributed by atoms with Gasteiger partial charge in [0.15, 0.2) is 0 Å². The first kappa shape index (κ1) is 20.6. The Hall–Kier alpha value is -1.70. The molecule has 0 N–H and O–H groups in total. The molecule has 0 radical (unpaired) electrons. The van der Waals surface area contributed by atoms with Gasteiger partial charge in [-0.1, -0.05) is 30.3 Å². The fourth-order valence-corrected chi connectivity index (χ4v) is 6.25. The number of methoxy groups -OCH3 is 1. The van der Waals surface area contributed by atoms with Gasteiger partial charge in [-0.15, -0.1) is 0 Å². The Balaban J connectivity index is 1.35. The highest BCUT2D eigenvalue weighted by molar-refractivity contribution is 7.89. The zero-order valence-corrected chi connectivity index (χ0v) is 18.1. The van der Waals surface area contributed by atoms with Crippen molar-refractivity contribution in [3.63, 3.8) is 0 Å². The Morgan fingerprint density at radius 3 is 2.55 bits per heavy atom. The first-order valence-corrected chi connectivity index (χ1v) is 11.9. The minimum atomic E-state index is -3.46. The molecule has 1 saturated carbocycles. The second-order valence-electron chi connectivity index (χ2n) is 8.74. The average Bonchev–Trinajstić information content (AvgIpc) is 3.38. The smallest absolute Gasteiger partial charge is 0.246 e. The molecule has 0 spiro atoms. The average molecular weight is 418 g/mol. The molecule has 0 bridgehead atoms. The van der Waals surface area contributed by atoms with Crippen LogP contribution < -0.4 is 0 Å². The molecule has 1 aliphatic heterocycles. The van der Waals surface area contributed by atoms with Gasteiger partial charge in [0, 0.05) is 33.4 Å². The minimum Gasteiger partial charge on any atom is -0.384 e. The van der Waals surface area contributed by atoms with Crippen LogP contribution in [0.1, 0.15) is 43.6 Å². The fourth-order valence-electron chi connectivity index (χ4n) is 4.82. The van der Waals surface area contributed by atoms with Crippen molar-refractivity contribution in [3.05, 3.63) is 48.3 Å². The van der Waals surface area contributed by atoms with Crippen LogP contribution in [0.3, 0.4) is 0 Å². The molecule has 4 rings (SSSR count). The standard InChI is InChI=1S/C22H31N3O3S/c1-24-16-20(15-23-24)29(26,27)25-12-10-22(11-13-25,17-28-2)9-8-19-14-21(19)18-6-4-3-5-7-18/h3-7,15-16,19,21H,8-14,17H2,1-2H3/t19-,21?/m1/s1. The summed E-state index contributed by atoms with van der Waals surface area (Å²) >= 11 is 0. The maximum absolute atomic E-state index is 12.9. The molecule has 1 aromatic heterocycles. The SMILES string of the molecule is COCC1(CC[C@@H]2CC2c2ccccc2)CCN(S(=O)(=O)c2cnn(C)c2)CC1. The van der Waals surface area contributed by atoms with Gasteiger partial charge in [-0.2, -0.15) is 9.40 Å². The molecule has 6 nitrogen and oxygen atoms in total. The molecule has 158 valence electrons. The Kier molecular flexibility index (Phi) is 5.82. The summed E-state index contributed by atoms with van der Waals surface area (Å²) in [6.07, 6.45) is 8.28. The minimum absolute atomic E-state index is 0.0829. The maximum Gasteiger partial charge on any atom is 0.246 e. The van der Waals surface area contributed by atoms with E-state index in [0.29, 0.717) is 25.6 Å². The number of nitrogens with zero attached hydrogens (tertiary/aromatic N) is 3. The molecule has 2 fully saturated rings. The fraction of sp³-hybridized carbons (Fsp3) is 0.591. The lowest BCUT2D eigenvalue weighted by atomic mass is 9.75. The largest absolute Gasteiger partial charge is 0.384 e. The molecule has 2 atom stereocenters. The summed E-state index contributed by atoms with van der Waals surface area (Å²) in [6, 6.07) is 10.8. The van der Waals surface area contributed by atoms with Gasteiger partial charge in [-0.3, -0.25) is 4.68 Å². The maximum atomic E-state index is 12.9. The van der Waals surface area contributed by atoms with E-state index in [1.807, 2.05) is 0 Å². The molecule has 7 heteroatoms. The van der Waals surface area contributed by atoms with Crippen molar-refractivity contribution < 1.29 is 13.2 Å². The van der Waals surface area contributed by atoms with Crippen LogP contribution in [0.2, 0.25) is 0 Å². The summed E-state index contributed by atoms with van der Waals surface area (Å²) in [5.41, 5.74) is 1.54. The Labute approximate surface area is 173 Å². The van der Waals surface area contributed by atoms with Crippen molar-refractivity contribution in [2.75, 3.05) is 26.8 Å². The third-order valence-electron chi connectivity index (χ3n) is 6.75. The van der Waals surface area contributed by atoms with Crippen LogP contribution in [-0.2, 0) is 21.8 Å². The topological polar surface area (TPSA) is 64.4 Å². The number of hydrogen-bond acceptors (Lipinski definition) is 4. The van der Waals surface area contributed by atoms with Crippen LogP contribution in [0, 0.1) is 11.3 Å². The molecule has 2 aliphatic rings. The van der Waals surface area contributed by atoms with Gasteiger partial charge in [0.05, 0.1) is 12.8 Å². The zero-order valence-electron chi connectivity index (χ0n) is 17.3. The molecular formula is C22H31N3O3S. The predicted molar refractivity (Wildman–Crippen MR) is 112 cm³/mol. The second kappa shape index (κ2) is 8.20. The van der Waals surface area contributed by atoms with Crippen LogP contribution in [0.5, 0.6) is 0 Å². The lowest BCUT2D eigenvalue weighted by molar-refractivity contribution is 0.0298. The molecule has 1 unspecified atom stereocenters. The summed E-state index contributed by atoms with van der Waals surface area (Å²) in [6.45, 7) is 1.80. The van der Waals surface area contributed by atoms with Crippen molar-refractivity contribution in [1.29, 1.82) is 0 Å². The molecule has 1 aromatic carbocycles. The lowest BCUT2D eigenvalue weighted by Crippen LogP contribution is -2.44. The van der Waals surface area contributed by atoms with E-state index in [-0.39, 0.29) is 10.3 Å². The van der Waals surface area contributed by atoms with Crippen LogP contribution in [-0.4, -0.2) is 49.3 Å². The summed E-state index contributed by atoms with van der Waals surface area (Å²) in [5, 5.41) is 4.01. The van der Waals surface area contributed by atoms with Crippen LogP contribution >= 0.6 is 0 Å². The van der Waals surface area contributed by atoms with E-state index in [1.165, 1.54) is 29.3 Å². The first-order valence-electron chi connectivity index (χ1n) is 10.5. The number of aryl methyl sites for hydroxylation is 1. The number of sulfonamides is 1. The van der Waals surface area contributed by atoms with Gasteiger partial charge in [0.1, 0.15) is 4.90 Å². The van der Waals surface area contributed by atoms with E-state index in [9.17, 15) is 8.42 Å². The number of hydrogen-bond donors (Lipinski definition) is 0. The van der Waals surface area contributed by atoms with Crippen LogP contribution in [0.25, 0.3) is 0 Å². The molecule has 0 amide bonds. The highest BCUT2D eigenvalue weighted by atomic mass is 32.2. The van der Waals surface area contributed by atoms with Crippen LogP contribution in [0.15, 0.2) is 47.6 Å². The van der Waals surface area contributed by atoms with Crippen molar-refractivity contribution in [3.8, 4) is 0 Å². The van der Waals surface area contributed by atoms with Gasteiger partial charge >= 0.3 is 0 Å². The van der Waals surface area contributed by atoms with Gasteiger partial charge in [-0.25, -0.2) is 8.42 Å². The van der Waals surface area contributed by atoms with E-state index in [2.05, 4.69) is 35.4 Å². The zero-order chi connectivity index (χ0) is 20.5. The monoisotopic (exact) mass is 417 g/mol. The number of aromatic nitrogens is 2. The third kappa shape index (κ3) is 4.42. The predicted octanol–water partition coefficient (Wildman–Crippen LogP) is 3.42. The number of piperidine rings is 1. The van der Waals surface area contributed by atoms with Crippen LogP contribution in [0.4, 0.5) is 0 Å². The highest BCUT2D eigenvalue weighted by Gasteiger charge is 2.43. The van der Waals surface area contributed by atoms with Gasteiger partial charge in [0.2, 0.25) is 10.0 Å². The van der Waals surface area contributed by atoms with E-state index >= 15 is 0 Å². The van der Waals surface area contributed by atoms with E-state index in [4.69, 9.17) is 4.74 Å². The molecular weight excluding hydrogens is 386 g/mol. The van der Waals surface area contributed by atoms with E-state index in [0.717, 1.165) is 25.2 Å². The van der Waals surface area contributed by atoms with E-state index in [1.54, 1.807) is 24.7 Å². The van der Waals surface area contributed by atoms with E-state index < -0.39 is 10.0 Å². The van der Waals surface area contributed by atoms with Gasteiger partial charge in [0.25, 0.3) is 0 Å².